The molecule has 0 aliphatic heterocycles. The highest BCUT2D eigenvalue weighted by Gasteiger charge is 2.19. The van der Waals surface area contributed by atoms with Crippen LogP contribution in [0.2, 0.25) is 0 Å². The molecule has 2 heterocycles. The van der Waals surface area contributed by atoms with Gasteiger partial charge in [-0.1, -0.05) is 39.4 Å². The number of ether oxygens (including phenoxy) is 3. The first-order valence-electron chi connectivity index (χ1n) is 7.93. The van der Waals surface area contributed by atoms with Crippen LogP contribution in [0, 0.1) is 0 Å². The molecule has 0 aliphatic rings. The van der Waals surface area contributed by atoms with Crippen LogP contribution < -0.4 is 14.2 Å². The summed E-state index contributed by atoms with van der Waals surface area (Å²) in [6, 6.07) is 11.6. The summed E-state index contributed by atoms with van der Waals surface area (Å²) in [5, 5.41) is 14.1. The van der Waals surface area contributed by atoms with Crippen LogP contribution in [0.4, 0.5) is 0 Å². The highest BCUT2D eigenvalue weighted by molar-refractivity contribution is 9.10. The summed E-state index contributed by atoms with van der Waals surface area (Å²) in [5.74, 6) is 2.22. The van der Waals surface area contributed by atoms with Gasteiger partial charge in [-0.25, -0.2) is 0 Å². The second-order valence-electron chi connectivity index (χ2n) is 5.55. The van der Waals surface area contributed by atoms with Gasteiger partial charge in [-0.15, -0.1) is 10.2 Å². The fraction of sp³-hybridized carbons (Fsp3) is 0.167. The molecule has 0 aliphatic carbocycles. The predicted octanol–water partition coefficient (Wildman–Crippen LogP) is 4.31. The minimum absolute atomic E-state index is 0.526. The molecule has 0 N–H and O–H groups in total. The van der Waals surface area contributed by atoms with E-state index in [2.05, 4.69) is 26.1 Å². The minimum atomic E-state index is 0.526. The molecule has 27 heavy (non-hydrogen) atoms. The Balaban J connectivity index is 1.85. The van der Waals surface area contributed by atoms with Gasteiger partial charge in [0.15, 0.2) is 17.3 Å². The summed E-state index contributed by atoms with van der Waals surface area (Å²) in [6.07, 6.45) is 0. The van der Waals surface area contributed by atoms with Crippen LogP contribution in [-0.2, 0) is 0 Å². The van der Waals surface area contributed by atoms with E-state index in [0.717, 1.165) is 20.6 Å². The Morgan fingerprint density at radius 2 is 1.67 bits per heavy atom. The maximum Gasteiger partial charge on any atom is 0.235 e. The monoisotopic (exact) mass is 446 g/mol. The number of nitrogens with zero attached hydrogens (tertiary/aromatic N) is 4. The van der Waals surface area contributed by atoms with Crippen molar-refractivity contribution in [3.63, 3.8) is 0 Å². The van der Waals surface area contributed by atoms with Crippen molar-refractivity contribution >= 4 is 32.2 Å². The molecule has 7 nitrogen and oxygen atoms in total. The number of hydrogen-bond donors (Lipinski definition) is 0. The second kappa shape index (κ2) is 7.16. The van der Waals surface area contributed by atoms with E-state index in [4.69, 9.17) is 19.3 Å². The summed E-state index contributed by atoms with van der Waals surface area (Å²) in [5.41, 5.74) is 1.78. The molecule has 4 aromatic rings. The van der Waals surface area contributed by atoms with Gasteiger partial charge in [-0.3, -0.25) is 0 Å². The average Bonchev–Trinajstić information content (AvgIpc) is 3.27. The third-order valence-electron chi connectivity index (χ3n) is 3.99. The van der Waals surface area contributed by atoms with Gasteiger partial charge in [-0.05, 0) is 24.3 Å². The van der Waals surface area contributed by atoms with E-state index in [1.54, 1.807) is 25.8 Å². The third-order valence-corrected chi connectivity index (χ3v) is 5.43. The Hall–Kier alpha value is -2.65. The summed E-state index contributed by atoms with van der Waals surface area (Å²) >= 11 is 4.97. The number of benzene rings is 2. The van der Waals surface area contributed by atoms with Crippen molar-refractivity contribution in [3.05, 3.63) is 40.9 Å². The van der Waals surface area contributed by atoms with Crippen LogP contribution >= 0.6 is 27.3 Å². The number of methoxy groups -OCH3 is 3. The smallest absolute Gasteiger partial charge is 0.235 e. The van der Waals surface area contributed by atoms with Gasteiger partial charge in [0.05, 0.1) is 21.3 Å². The van der Waals surface area contributed by atoms with E-state index in [1.807, 2.05) is 36.4 Å². The lowest BCUT2D eigenvalue weighted by Crippen LogP contribution is -1.97. The van der Waals surface area contributed by atoms with E-state index in [1.165, 1.54) is 11.3 Å². The lowest BCUT2D eigenvalue weighted by Gasteiger charge is -2.13. The lowest BCUT2D eigenvalue weighted by atomic mass is 10.1. The topological polar surface area (TPSA) is 70.8 Å². The van der Waals surface area contributed by atoms with Crippen LogP contribution in [0.5, 0.6) is 17.2 Å². The standard InChI is InChI=1S/C18H15BrN4O3S/c1-24-13-8-11(9-14(25-2)15(13)26-3)16-20-21-18-23(16)22-17(27-18)10-5-4-6-12(19)7-10/h4-9H,1-3H3. The molecule has 0 spiro atoms. The van der Waals surface area contributed by atoms with E-state index in [-0.39, 0.29) is 0 Å². The quantitative estimate of drug-likeness (QED) is 0.454. The third kappa shape index (κ3) is 3.13. The molecule has 0 saturated carbocycles. The van der Waals surface area contributed by atoms with Gasteiger partial charge in [0.1, 0.15) is 5.01 Å². The average molecular weight is 447 g/mol. The van der Waals surface area contributed by atoms with E-state index in [9.17, 15) is 0 Å². The predicted molar refractivity (Wildman–Crippen MR) is 107 cm³/mol. The van der Waals surface area contributed by atoms with Crippen molar-refractivity contribution in [2.45, 2.75) is 0 Å². The molecule has 2 aromatic heterocycles. The first-order valence-corrected chi connectivity index (χ1v) is 9.54. The Kier molecular flexibility index (Phi) is 4.71. The fourth-order valence-electron chi connectivity index (χ4n) is 2.75. The van der Waals surface area contributed by atoms with E-state index in [0.29, 0.717) is 28.0 Å². The molecule has 0 bridgehead atoms. The zero-order chi connectivity index (χ0) is 19.0. The number of halogens is 1. The molecule has 0 fully saturated rings. The first-order chi connectivity index (χ1) is 13.1. The van der Waals surface area contributed by atoms with Gasteiger partial charge in [0.25, 0.3) is 0 Å². The molecular formula is C18H15BrN4O3S. The number of aromatic nitrogens is 4. The van der Waals surface area contributed by atoms with E-state index < -0.39 is 0 Å². The summed E-state index contributed by atoms with van der Waals surface area (Å²) < 4.78 is 19.0. The summed E-state index contributed by atoms with van der Waals surface area (Å²) in [6.45, 7) is 0. The van der Waals surface area contributed by atoms with Gasteiger partial charge in [0, 0.05) is 15.6 Å². The number of hydrogen-bond acceptors (Lipinski definition) is 7. The molecule has 0 amide bonds. The van der Waals surface area contributed by atoms with Crippen molar-refractivity contribution in [2.24, 2.45) is 0 Å². The molecule has 0 saturated heterocycles. The van der Waals surface area contributed by atoms with Crippen molar-refractivity contribution in [3.8, 4) is 39.2 Å². The highest BCUT2D eigenvalue weighted by atomic mass is 79.9. The van der Waals surface area contributed by atoms with Crippen LogP contribution in [0.15, 0.2) is 40.9 Å². The molecule has 4 rings (SSSR count). The molecule has 2 aromatic carbocycles. The molecule has 9 heteroatoms. The Morgan fingerprint density at radius 3 is 2.30 bits per heavy atom. The normalized spacial score (nSPS) is 11.0. The maximum atomic E-state index is 5.43. The SMILES string of the molecule is COc1cc(-c2nnc3sc(-c4cccc(Br)c4)nn23)cc(OC)c1OC. The largest absolute Gasteiger partial charge is 0.493 e. The maximum absolute atomic E-state index is 5.43. The lowest BCUT2D eigenvalue weighted by molar-refractivity contribution is 0.324. The molecule has 138 valence electrons. The van der Waals surface area contributed by atoms with Crippen molar-refractivity contribution < 1.29 is 14.2 Å². The number of fused-ring (bicyclic) bond motifs is 1. The fourth-order valence-corrected chi connectivity index (χ4v) is 3.98. The van der Waals surface area contributed by atoms with Gasteiger partial charge in [-0.2, -0.15) is 9.61 Å². The van der Waals surface area contributed by atoms with Crippen molar-refractivity contribution in [1.82, 2.24) is 19.8 Å². The van der Waals surface area contributed by atoms with Crippen molar-refractivity contribution in [2.75, 3.05) is 21.3 Å². The van der Waals surface area contributed by atoms with Crippen LogP contribution in [0.1, 0.15) is 0 Å². The Morgan fingerprint density at radius 1 is 0.926 bits per heavy atom. The highest BCUT2D eigenvalue weighted by Crippen LogP contribution is 2.41. The molecular weight excluding hydrogens is 432 g/mol. The van der Waals surface area contributed by atoms with E-state index >= 15 is 0 Å². The molecule has 0 radical (unpaired) electrons. The summed E-state index contributed by atoms with van der Waals surface area (Å²) in [4.78, 5) is 0.703. The van der Waals surface area contributed by atoms with Gasteiger partial charge >= 0.3 is 0 Å². The second-order valence-corrected chi connectivity index (χ2v) is 7.42. The van der Waals surface area contributed by atoms with Gasteiger partial charge < -0.3 is 14.2 Å². The molecule has 0 unspecified atom stereocenters. The molecule has 0 atom stereocenters. The first kappa shape index (κ1) is 17.7. The van der Waals surface area contributed by atoms with Crippen molar-refractivity contribution in [1.29, 1.82) is 0 Å². The van der Waals surface area contributed by atoms with Gasteiger partial charge in [0.2, 0.25) is 10.7 Å². The summed E-state index contributed by atoms with van der Waals surface area (Å²) in [7, 11) is 4.73. The van der Waals surface area contributed by atoms with Crippen LogP contribution in [0.25, 0.3) is 26.9 Å². The van der Waals surface area contributed by atoms with Crippen LogP contribution in [0.3, 0.4) is 0 Å². The Bertz CT molecular complexity index is 1100. The zero-order valence-electron chi connectivity index (χ0n) is 14.8. The zero-order valence-corrected chi connectivity index (χ0v) is 17.2. The van der Waals surface area contributed by atoms with Crippen LogP contribution in [-0.4, -0.2) is 41.1 Å². The Labute approximate surface area is 167 Å². The number of rotatable bonds is 5. The minimum Gasteiger partial charge on any atom is -0.493 e.